The smallest absolute Gasteiger partial charge is 0.276 e. The fourth-order valence-corrected chi connectivity index (χ4v) is 4.32. The molecular weight excluding hydrogens is 432 g/mol. The second kappa shape index (κ2) is 10.5. The van der Waals surface area contributed by atoms with Crippen LogP contribution in [0.2, 0.25) is 5.02 Å². The monoisotopic (exact) mass is 460 g/mol. The molecule has 0 atom stereocenters. The van der Waals surface area contributed by atoms with Crippen LogP contribution >= 0.6 is 11.6 Å². The minimum atomic E-state index is -0.162. The van der Waals surface area contributed by atoms with Crippen LogP contribution in [0, 0.1) is 0 Å². The Bertz CT molecular complexity index is 1180. The first kappa shape index (κ1) is 22.8. The van der Waals surface area contributed by atoms with E-state index in [0.717, 1.165) is 25.2 Å². The maximum Gasteiger partial charge on any atom is 0.276 e. The number of benzene rings is 1. The van der Waals surface area contributed by atoms with E-state index < -0.39 is 0 Å². The minimum absolute atomic E-state index is 0.137. The zero-order valence-electron chi connectivity index (χ0n) is 18.3. The Morgan fingerprint density at radius 3 is 2.69 bits per heavy atom. The van der Waals surface area contributed by atoms with Crippen molar-refractivity contribution in [2.24, 2.45) is 0 Å². The summed E-state index contributed by atoms with van der Waals surface area (Å²) >= 11 is 6.25. The van der Waals surface area contributed by atoms with E-state index in [0.29, 0.717) is 67.6 Å². The van der Waals surface area contributed by atoms with E-state index in [4.69, 9.17) is 21.1 Å². The Hall–Kier alpha value is -2.39. The zero-order valence-corrected chi connectivity index (χ0v) is 19.1. The molecule has 1 N–H and O–H groups in total. The predicted octanol–water partition coefficient (Wildman–Crippen LogP) is 2.57. The van der Waals surface area contributed by atoms with Crippen LogP contribution in [0.3, 0.4) is 0 Å². The highest BCUT2D eigenvalue weighted by Crippen LogP contribution is 2.27. The molecule has 0 unspecified atom stereocenters. The van der Waals surface area contributed by atoms with E-state index in [1.54, 1.807) is 21.4 Å². The first-order valence-electron chi connectivity index (χ1n) is 11.1. The van der Waals surface area contributed by atoms with E-state index in [-0.39, 0.29) is 11.1 Å². The van der Waals surface area contributed by atoms with Crippen LogP contribution < -0.4 is 11.1 Å². The van der Waals surface area contributed by atoms with Crippen molar-refractivity contribution in [3.8, 4) is 11.3 Å². The molecule has 0 bridgehead atoms. The molecule has 1 aromatic carbocycles. The van der Waals surface area contributed by atoms with Gasteiger partial charge < -0.3 is 14.0 Å². The van der Waals surface area contributed by atoms with Crippen molar-refractivity contribution >= 4 is 22.5 Å². The number of pyridine rings is 1. The van der Waals surface area contributed by atoms with E-state index in [9.17, 15) is 9.59 Å². The van der Waals surface area contributed by atoms with Crippen LogP contribution in [0.5, 0.6) is 0 Å². The number of ether oxygens (including phenoxy) is 2. The van der Waals surface area contributed by atoms with Gasteiger partial charge in [-0.1, -0.05) is 23.7 Å². The van der Waals surface area contributed by atoms with E-state index in [2.05, 4.69) is 10.00 Å². The zero-order chi connectivity index (χ0) is 22.5. The predicted molar refractivity (Wildman–Crippen MR) is 126 cm³/mol. The number of aromatic nitrogens is 3. The van der Waals surface area contributed by atoms with Crippen molar-refractivity contribution in [3.63, 3.8) is 0 Å². The Kier molecular flexibility index (Phi) is 7.47. The summed E-state index contributed by atoms with van der Waals surface area (Å²) in [6.45, 7) is 7.95. The Balaban J connectivity index is 1.76. The lowest BCUT2D eigenvalue weighted by Crippen LogP contribution is -2.39. The average Bonchev–Trinajstić information content (AvgIpc) is 3.10. The molecule has 9 heteroatoms. The van der Waals surface area contributed by atoms with Crippen LogP contribution in [0.15, 0.2) is 39.9 Å². The number of morpholine rings is 1. The number of nitrogens with zero attached hydrogens (tertiary/aromatic N) is 3. The Labute approximate surface area is 191 Å². The van der Waals surface area contributed by atoms with Gasteiger partial charge in [-0.3, -0.25) is 24.3 Å². The number of fused-ring (bicyclic) bond motifs is 1. The second-order valence-corrected chi connectivity index (χ2v) is 8.29. The molecule has 0 radical (unpaired) electrons. The largest absolute Gasteiger partial charge is 0.382 e. The van der Waals surface area contributed by atoms with Crippen LogP contribution in [0.1, 0.15) is 13.3 Å². The summed E-state index contributed by atoms with van der Waals surface area (Å²) < 4.78 is 14.1. The molecule has 1 aliphatic rings. The van der Waals surface area contributed by atoms with Gasteiger partial charge in [0.25, 0.3) is 11.1 Å². The number of H-pyrrole nitrogens is 1. The summed E-state index contributed by atoms with van der Waals surface area (Å²) in [6, 6.07) is 8.79. The summed E-state index contributed by atoms with van der Waals surface area (Å²) in [5, 5.41) is 4.20. The summed E-state index contributed by atoms with van der Waals surface area (Å²) in [6.07, 6.45) is 0.669. The molecule has 0 spiro atoms. The first-order valence-corrected chi connectivity index (χ1v) is 11.5. The lowest BCUT2D eigenvalue weighted by atomic mass is 10.1. The Morgan fingerprint density at radius 1 is 1.12 bits per heavy atom. The van der Waals surface area contributed by atoms with Crippen molar-refractivity contribution in [2.45, 2.75) is 26.4 Å². The lowest BCUT2D eigenvalue weighted by molar-refractivity contribution is 0.0359. The molecule has 2 aromatic heterocycles. The maximum absolute atomic E-state index is 13.4. The summed E-state index contributed by atoms with van der Waals surface area (Å²) in [7, 11) is 0. The molecule has 3 heterocycles. The molecule has 1 fully saturated rings. The number of rotatable bonds is 9. The number of aromatic amines is 1. The molecule has 0 amide bonds. The number of nitrogens with one attached hydrogen (secondary N) is 1. The van der Waals surface area contributed by atoms with Gasteiger partial charge in [0.1, 0.15) is 0 Å². The van der Waals surface area contributed by atoms with E-state index in [1.165, 1.54) is 6.07 Å². The quantitative estimate of drug-likeness (QED) is 0.496. The van der Waals surface area contributed by atoms with Gasteiger partial charge >= 0.3 is 0 Å². The molecule has 172 valence electrons. The van der Waals surface area contributed by atoms with Crippen molar-refractivity contribution in [2.75, 3.05) is 46.1 Å². The highest BCUT2D eigenvalue weighted by molar-refractivity contribution is 6.30. The van der Waals surface area contributed by atoms with Gasteiger partial charge in [0, 0.05) is 56.0 Å². The van der Waals surface area contributed by atoms with Gasteiger partial charge in [0.05, 0.1) is 36.4 Å². The summed E-state index contributed by atoms with van der Waals surface area (Å²) in [5.41, 5.74) is 1.58. The van der Waals surface area contributed by atoms with Crippen molar-refractivity contribution in [3.05, 3.63) is 56.1 Å². The van der Waals surface area contributed by atoms with Gasteiger partial charge in [-0.2, -0.15) is 0 Å². The molecule has 0 saturated carbocycles. The van der Waals surface area contributed by atoms with Gasteiger partial charge in [-0.25, -0.2) is 0 Å². The molecule has 8 nitrogen and oxygen atoms in total. The molecule has 1 aliphatic heterocycles. The highest BCUT2D eigenvalue weighted by Gasteiger charge is 2.19. The third-order valence-electron chi connectivity index (χ3n) is 5.74. The Morgan fingerprint density at radius 2 is 1.94 bits per heavy atom. The molecule has 4 rings (SSSR count). The number of hydrogen-bond donors (Lipinski definition) is 1. The molecule has 1 saturated heterocycles. The first-order chi connectivity index (χ1) is 15.6. The van der Waals surface area contributed by atoms with Gasteiger partial charge in [0.15, 0.2) is 0 Å². The van der Waals surface area contributed by atoms with E-state index >= 15 is 0 Å². The lowest BCUT2D eigenvalue weighted by Gasteiger charge is -2.26. The SMILES string of the molecule is CCOCCCn1c(-c2cccc(Cl)c2)c2c(=O)n(CCN3CCOCC3)[nH]c2cc1=O. The molecule has 3 aromatic rings. The molecule has 0 aliphatic carbocycles. The van der Waals surface area contributed by atoms with Crippen LogP contribution in [0.25, 0.3) is 22.2 Å². The fourth-order valence-electron chi connectivity index (χ4n) is 4.13. The van der Waals surface area contributed by atoms with Crippen molar-refractivity contribution < 1.29 is 9.47 Å². The second-order valence-electron chi connectivity index (χ2n) is 7.85. The number of hydrogen-bond acceptors (Lipinski definition) is 5. The number of halogens is 1. The third-order valence-corrected chi connectivity index (χ3v) is 5.98. The minimum Gasteiger partial charge on any atom is -0.382 e. The normalized spacial score (nSPS) is 14.9. The van der Waals surface area contributed by atoms with Crippen LogP contribution in [-0.2, 0) is 22.6 Å². The van der Waals surface area contributed by atoms with Gasteiger partial charge in [0.2, 0.25) is 0 Å². The highest BCUT2D eigenvalue weighted by atomic mass is 35.5. The van der Waals surface area contributed by atoms with Gasteiger partial charge in [-0.05, 0) is 25.5 Å². The maximum atomic E-state index is 13.4. The van der Waals surface area contributed by atoms with Crippen molar-refractivity contribution in [1.82, 2.24) is 19.2 Å². The molecular formula is C23H29ClN4O4. The standard InChI is InChI=1S/C23H29ClN4O4/c1-2-31-12-4-7-27-20(29)16-19-21(22(27)17-5-3-6-18(24)15-17)23(30)28(25-19)9-8-26-10-13-32-14-11-26/h3,5-6,15-16,25H,2,4,7-14H2,1H3. The van der Waals surface area contributed by atoms with Crippen LogP contribution in [0.4, 0.5) is 0 Å². The van der Waals surface area contributed by atoms with Crippen LogP contribution in [-0.4, -0.2) is 65.3 Å². The summed E-state index contributed by atoms with van der Waals surface area (Å²) in [4.78, 5) is 28.7. The summed E-state index contributed by atoms with van der Waals surface area (Å²) in [5.74, 6) is 0. The third kappa shape index (κ3) is 4.99. The topological polar surface area (TPSA) is 81.5 Å². The average molecular weight is 461 g/mol. The van der Waals surface area contributed by atoms with E-state index in [1.807, 2.05) is 19.1 Å². The fraction of sp³-hybridized carbons (Fsp3) is 0.478. The molecule has 32 heavy (non-hydrogen) atoms. The van der Waals surface area contributed by atoms with Gasteiger partial charge in [-0.15, -0.1) is 0 Å². The van der Waals surface area contributed by atoms with Crippen molar-refractivity contribution in [1.29, 1.82) is 0 Å².